The second-order valence-corrected chi connectivity index (χ2v) is 7.40. The monoisotopic (exact) mass is 422 g/mol. The van der Waals surface area contributed by atoms with Crippen LogP contribution in [0, 0.1) is 0 Å². The lowest BCUT2D eigenvalue weighted by atomic mass is 10.2. The summed E-state index contributed by atoms with van der Waals surface area (Å²) in [5, 5.41) is 0.552. The predicted octanol–water partition coefficient (Wildman–Crippen LogP) is 4.55. The molecule has 2 aromatic rings. The van der Waals surface area contributed by atoms with E-state index in [2.05, 4.69) is 40.1 Å². The predicted molar refractivity (Wildman–Crippen MR) is 117 cm³/mol. The first-order valence-electron chi connectivity index (χ1n) is 9.61. The van der Waals surface area contributed by atoms with Crippen molar-refractivity contribution >= 4 is 30.3 Å². The molecule has 0 atom stereocenters. The van der Waals surface area contributed by atoms with Gasteiger partial charge in [-0.3, -0.25) is 9.69 Å². The summed E-state index contributed by atoms with van der Waals surface area (Å²) in [7, 11) is 0. The summed E-state index contributed by atoms with van der Waals surface area (Å²) >= 11 is 5.90. The van der Waals surface area contributed by atoms with Gasteiger partial charge in [0.2, 0.25) is 0 Å². The Balaban J connectivity index is 0.00000280. The van der Waals surface area contributed by atoms with Gasteiger partial charge in [0.1, 0.15) is 5.75 Å². The number of piperazine rings is 1. The fourth-order valence-corrected chi connectivity index (χ4v) is 3.56. The third-order valence-electron chi connectivity index (χ3n) is 4.94. The topological polar surface area (TPSA) is 32.8 Å². The lowest BCUT2D eigenvalue weighted by Gasteiger charge is -2.34. The quantitative estimate of drug-likeness (QED) is 0.438. The van der Waals surface area contributed by atoms with E-state index in [0.29, 0.717) is 22.9 Å². The van der Waals surface area contributed by atoms with Crippen LogP contribution in [0.5, 0.6) is 5.75 Å². The van der Waals surface area contributed by atoms with Crippen molar-refractivity contribution in [1.82, 2.24) is 9.80 Å². The van der Waals surface area contributed by atoms with Crippen LogP contribution in [0.25, 0.3) is 0 Å². The van der Waals surface area contributed by atoms with E-state index < -0.39 is 0 Å². The molecule has 1 saturated heterocycles. The number of rotatable bonds is 9. The molecule has 1 aliphatic heterocycles. The molecule has 0 unspecified atom stereocenters. The van der Waals surface area contributed by atoms with Gasteiger partial charge in [0, 0.05) is 37.7 Å². The number of carbonyl (C=O) groups excluding carboxylic acids is 1. The number of benzene rings is 2. The zero-order valence-corrected chi connectivity index (χ0v) is 17.6. The van der Waals surface area contributed by atoms with E-state index >= 15 is 0 Å². The third-order valence-corrected chi connectivity index (χ3v) is 5.17. The van der Waals surface area contributed by atoms with Crippen LogP contribution in [-0.2, 0) is 6.54 Å². The molecule has 0 saturated carbocycles. The van der Waals surface area contributed by atoms with Crippen LogP contribution in [0.15, 0.2) is 48.5 Å². The Hall–Kier alpha value is -1.59. The zero-order valence-electron chi connectivity index (χ0n) is 16.1. The molecule has 1 heterocycles. The minimum atomic E-state index is 0. The van der Waals surface area contributed by atoms with Gasteiger partial charge in [-0.15, -0.1) is 12.4 Å². The second kappa shape index (κ2) is 12.1. The molecule has 6 heteroatoms. The normalized spacial score (nSPS) is 15.0. The van der Waals surface area contributed by atoms with E-state index in [1.54, 1.807) is 18.2 Å². The molecule has 0 N–H and O–H groups in total. The number of carbonyl (C=O) groups is 1. The molecule has 0 spiro atoms. The summed E-state index contributed by atoms with van der Waals surface area (Å²) in [4.78, 5) is 16.1. The Morgan fingerprint density at radius 2 is 1.68 bits per heavy atom. The van der Waals surface area contributed by atoms with Gasteiger partial charge in [-0.05, 0) is 43.1 Å². The Labute approximate surface area is 178 Å². The summed E-state index contributed by atoms with van der Waals surface area (Å²) in [6.45, 7) is 7.26. The van der Waals surface area contributed by atoms with Gasteiger partial charge < -0.3 is 9.64 Å². The maximum Gasteiger partial charge on any atom is 0.153 e. The molecule has 4 nitrogen and oxygen atoms in total. The average Bonchev–Trinajstić information content (AvgIpc) is 2.70. The van der Waals surface area contributed by atoms with E-state index in [-0.39, 0.29) is 12.4 Å². The highest BCUT2D eigenvalue weighted by molar-refractivity contribution is 6.30. The average molecular weight is 423 g/mol. The van der Waals surface area contributed by atoms with Crippen LogP contribution in [-0.4, -0.2) is 55.4 Å². The molecule has 152 valence electrons. The van der Waals surface area contributed by atoms with Gasteiger partial charge >= 0.3 is 0 Å². The molecule has 1 fully saturated rings. The minimum absolute atomic E-state index is 0. The highest BCUT2D eigenvalue weighted by Gasteiger charge is 2.16. The summed E-state index contributed by atoms with van der Waals surface area (Å²) < 4.78 is 5.74. The highest BCUT2D eigenvalue weighted by Crippen LogP contribution is 2.21. The number of nitrogens with zero attached hydrogens (tertiary/aromatic N) is 2. The van der Waals surface area contributed by atoms with Crippen LogP contribution in [0.3, 0.4) is 0 Å². The van der Waals surface area contributed by atoms with E-state index in [9.17, 15) is 4.79 Å². The first-order chi connectivity index (χ1) is 13.2. The van der Waals surface area contributed by atoms with E-state index in [1.165, 1.54) is 5.56 Å². The van der Waals surface area contributed by atoms with Crippen LogP contribution < -0.4 is 4.74 Å². The van der Waals surface area contributed by atoms with Crippen molar-refractivity contribution in [1.29, 1.82) is 0 Å². The van der Waals surface area contributed by atoms with Gasteiger partial charge in [0.05, 0.1) is 12.2 Å². The number of halogens is 2. The van der Waals surface area contributed by atoms with Crippen molar-refractivity contribution in [3.05, 3.63) is 64.7 Å². The molecule has 2 aromatic carbocycles. The molecule has 0 aromatic heterocycles. The van der Waals surface area contributed by atoms with Gasteiger partial charge in [-0.2, -0.15) is 0 Å². The molecule has 28 heavy (non-hydrogen) atoms. The van der Waals surface area contributed by atoms with Crippen LogP contribution in [0.2, 0.25) is 5.02 Å². The number of hydrogen-bond donors (Lipinski definition) is 0. The summed E-state index contributed by atoms with van der Waals surface area (Å²) in [6.07, 6.45) is 2.87. The van der Waals surface area contributed by atoms with Crippen LogP contribution >= 0.6 is 24.0 Å². The van der Waals surface area contributed by atoms with Crippen molar-refractivity contribution in [2.45, 2.75) is 19.4 Å². The molecule has 1 aliphatic rings. The van der Waals surface area contributed by atoms with Crippen LogP contribution in [0.4, 0.5) is 0 Å². The van der Waals surface area contributed by atoms with Crippen molar-refractivity contribution < 1.29 is 9.53 Å². The summed E-state index contributed by atoms with van der Waals surface area (Å²) in [5.41, 5.74) is 1.90. The van der Waals surface area contributed by atoms with Gasteiger partial charge in [0.25, 0.3) is 0 Å². The number of hydrogen-bond acceptors (Lipinski definition) is 4. The van der Waals surface area contributed by atoms with Crippen molar-refractivity contribution in [2.75, 3.05) is 39.3 Å². The SMILES string of the molecule is Cl.O=Cc1cc(Cl)ccc1OCCCCN1CCN(Cc2ccccc2)CC1. The molecule has 3 rings (SSSR count). The number of unbranched alkanes of at least 4 members (excludes halogenated alkanes) is 1. The van der Waals surface area contributed by atoms with Crippen LogP contribution in [0.1, 0.15) is 28.8 Å². The standard InChI is InChI=1S/C22H27ClN2O2.ClH/c23-21-8-9-22(20(16-21)18-26)27-15-5-4-10-24-11-13-25(14-12-24)17-19-6-2-1-3-7-19;/h1-3,6-9,16,18H,4-5,10-15,17H2;1H. The number of aldehydes is 1. The molecular weight excluding hydrogens is 395 g/mol. The van der Waals surface area contributed by atoms with Gasteiger partial charge in [-0.25, -0.2) is 0 Å². The zero-order chi connectivity index (χ0) is 18.9. The largest absolute Gasteiger partial charge is 0.493 e. The fraction of sp³-hybridized carbons (Fsp3) is 0.409. The summed E-state index contributed by atoms with van der Waals surface area (Å²) in [5.74, 6) is 0.615. The van der Waals surface area contributed by atoms with Gasteiger partial charge in [0.15, 0.2) is 6.29 Å². The maximum absolute atomic E-state index is 11.1. The minimum Gasteiger partial charge on any atom is -0.493 e. The summed E-state index contributed by atoms with van der Waals surface area (Å²) in [6, 6.07) is 15.8. The number of ether oxygens (including phenoxy) is 1. The van der Waals surface area contributed by atoms with E-state index in [1.807, 2.05) is 0 Å². The Morgan fingerprint density at radius 3 is 2.39 bits per heavy atom. The van der Waals surface area contributed by atoms with E-state index in [0.717, 1.165) is 58.4 Å². The Kier molecular flexibility index (Phi) is 9.79. The van der Waals surface area contributed by atoms with Crippen molar-refractivity contribution in [3.8, 4) is 5.75 Å². The second-order valence-electron chi connectivity index (χ2n) is 6.96. The van der Waals surface area contributed by atoms with Crippen molar-refractivity contribution in [2.24, 2.45) is 0 Å². The Bertz CT molecular complexity index is 720. The lowest BCUT2D eigenvalue weighted by Crippen LogP contribution is -2.46. The van der Waals surface area contributed by atoms with Gasteiger partial charge in [-0.1, -0.05) is 41.9 Å². The fourth-order valence-electron chi connectivity index (χ4n) is 3.38. The first-order valence-corrected chi connectivity index (χ1v) is 9.98. The molecule has 0 bridgehead atoms. The first kappa shape index (κ1) is 22.7. The smallest absolute Gasteiger partial charge is 0.153 e. The van der Waals surface area contributed by atoms with E-state index in [4.69, 9.17) is 16.3 Å². The Morgan fingerprint density at radius 1 is 0.964 bits per heavy atom. The molecular formula is C22H28Cl2N2O2. The molecule has 0 radical (unpaired) electrons. The lowest BCUT2D eigenvalue weighted by molar-refractivity contribution is 0.111. The third kappa shape index (κ3) is 7.10. The molecule has 0 amide bonds. The maximum atomic E-state index is 11.1. The highest BCUT2D eigenvalue weighted by atomic mass is 35.5. The van der Waals surface area contributed by atoms with Crippen molar-refractivity contribution in [3.63, 3.8) is 0 Å². The molecule has 0 aliphatic carbocycles.